The van der Waals surface area contributed by atoms with Crippen molar-refractivity contribution in [2.75, 3.05) is 11.9 Å². The maximum Gasteiger partial charge on any atom is 0.347 e. The molecule has 0 unspecified atom stereocenters. The van der Waals surface area contributed by atoms with Gasteiger partial charge in [0, 0.05) is 17.1 Å². The highest BCUT2D eigenvalue weighted by molar-refractivity contribution is 9.10. The fourth-order valence-corrected chi connectivity index (χ4v) is 2.33. The zero-order valence-corrected chi connectivity index (χ0v) is 15.1. The summed E-state index contributed by atoms with van der Waals surface area (Å²) in [6.07, 6.45) is 0.842. The van der Waals surface area contributed by atoms with Crippen molar-refractivity contribution in [1.82, 2.24) is 0 Å². The minimum absolute atomic E-state index is 0.161. The van der Waals surface area contributed by atoms with Gasteiger partial charge in [0.2, 0.25) is 5.91 Å². The lowest BCUT2D eigenvalue weighted by molar-refractivity contribution is -0.114. The SMILES string of the molecule is CCCOc1ccc(Br)cc1C(=O)Oc1ccc(NC(C)=O)cc1. The summed E-state index contributed by atoms with van der Waals surface area (Å²) in [6, 6.07) is 11.8. The molecule has 0 heterocycles. The molecule has 0 aliphatic rings. The molecular weight excluding hydrogens is 374 g/mol. The van der Waals surface area contributed by atoms with Crippen molar-refractivity contribution in [2.24, 2.45) is 0 Å². The molecular formula is C18H18BrNO4. The van der Waals surface area contributed by atoms with Crippen molar-refractivity contribution in [2.45, 2.75) is 20.3 Å². The third-order valence-electron chi connectivity index (χ3n) is 3.01. The van der Waals surface area contributed by atoms with E-state index in [2.05, 4.69) is 21.2 Å². The molecule has 0 atom stereocenters. The molecule has 2 aromatic carbocycles. The summed E-state index contributed by atoms with van der Waals surface area (Å²) in [4.78, 5) is 23.4. The molecule has 1 N–H and O–H groups in total. The van der Waals surface area contributed by atoms with Crippen LogP contribution in [-0.2, 0) is 4.79 Å². The maximum absolute atomic E-state index is 12.4. The molecule has 0 saturated carbocycles. The fraction of sp³-hybridized carbons (Fsp3) is 0.222. The Labute approximate surface area is 149 Å². The van der Waals surface area contributed by atoms with E-state index in [-0.39, 0.29) is 5.91 Å². The number of esters is 1. The monoisotopic (exact) mass is 391 g/mol. The van der Waals surface area contributed by atoms with Gasteiger partial charge in [0.05, 0.1) is 6.61 Å². The molecule has 0 radical (unpaired) electrons. The summed E-state index contributed by atoms with van der Waals surface area (Å²) in [5.74, 6) is 0.205. The van der Waals surface area contributed by atoms with Crippen LogP contribution in [0.1, 0.15) is 30.6 Å². The van der Waals surface area contributed by atoms with Crippen LogP contribution < -0.4 is 14.8 Å². The molecule has 6 heteroatoms. The summed E-state index contributed by atoms with van der Waals surface area (Å²) in [6.45, 7) is 3.94. The highest BCUT2D eigenvalue weighted by Gasteiger charge is 2.16. The fourth-order valence-electron chi connectivity index (χ4n) is 1.97. The lowest BCUT2D eigenvalue weighted by Crippen LogP contribution is -2.11. The van der Waals surface area contributed by atoms with Crippen molar-refractivity contribution in [3.63, 3.8) is 0 Å². The van der Waals surface area contributed by atoms with Crippen molar-refractivity contribution in [3.05, 3.63) is 52.5 Å². The van der Waals surface area contributed by atoms with Crippen LogP contribution in [0, 0.1) is 0 Å². The topological polar surface area (TPSA) is 64.6 Å². The van der Waals surface area contributed by atoms with Crippen LogP contribution in [0.25, 0.3) is 0 Å². The number of carbonyl (C=O) groups is 2. The Bertz CT molecular complexity index is 728. The number of rotatable bonds is 6. The van der Waals surface area contributed by atoms with E-state index in [1.54, 1.807) is 36.4 Å². The van der Waals surface area contributed by atoms with Crippen molar-refractivity contribution < 1.29 is 19.1 Å². The van der Waals surface area contributed by atoms with E-state index >= 15 is 0 Å². The normalized spacial score (nSPS) is 10.1. The molecule has 0 aliphatic heterocycles. The van der Waals surface area contributed by atoms with Gasteiger partial charge in [-0.15, -0.1) is 0 Å². The number of anilines is 1. The van der Waals surface area contributed by atoms with E-state index in [0.717, 1.165) is 10.9 Å². The summed E-state index contributed by atoms with van der Waals surface area (Å²) in [7, 11) is 0. The average molecular weight is 392 g/mol. The number of hydrogen-bond acceptors (Lipinski definition) is 4. The molecule has 24 heavy (non-hydrogen) atoms. The predicted octanol–water partition coefficient (Wildman–Crippen LogP) is 4.42. The highest BCUT2D eigenvalue weighted by atomic mass is 79.9. The molecule has 1 amide bonds. The maximum atomic E-state index is 12.4. The van der Waals surface area contributed by atoms with Gasteiger partial charge in [-0.1, -0.05) is 22.9 Å². The molecule has 0 aromatic heterocycles. The first-order chi connectivity index (χ1) is 11.5. The molecule has 0 spiro atoms. The number of amides is 1. The van der Waals surface area contributed by atoms with Gasteiger partial charge in [-0.3, -0.25) is 4.79 Å². The number of halogens is 1. The van der Waals surface area contributed by atoms with E-state index in [9.17, 15) is 9.59 Å². The number of benzene rings is 2. The number of hydrogen-bond donors (Lipinski definition) is 1. The third-order valence-corrected chi connectivity index (χ3v) is 3.50. The first-order valence-electron chi connectivity index (χ1n) is 7.51. The Morgan fingerprint density at radius 1 is 1.12 bits per heavy atom. The number of ether oxygens (including phenoxy) is 2. The predicted molar refractivity (Wildman–Crippen MR) is 95.6 cm³/mol. The van der Waals surface area contributed by atoms with Crippen LogP contribution in [0.5, 0.6) is 11.5 Å². The molecule has 0 bridgehead atoms. The van der Waals surface area contributed by atoms with Crippen LogP contribution in [0.3, 0.4) is 0 Å². The van der Waals surface area contributed by atoms with Crippen LogP contribution in [0.4, 0.5) is 5.69 Å². The van der Waals surface area contributed by atoms with Crippen LogP contribution in [0.15, 0.2) is 46.9 Å². The first-order valence-corrected chi connectivity index (χ1v) is 8.31. The van der Waals surface area contributed by atoms with Gasteiger partial charge in [0.25, 0.3) is 0 Å². The van der Waals surface area contributed by atoms with Gasteiger partial charge in [-0.2, -0.15) is 0 Å². The Balaban J connectivity index is 2.14. The third kappa shape index (κ3) is 5.09. The Kier molecular flexibility index (Phi) is 6.37. The zero-order valence-electron chi connectivity index (χ0n) is 13.5. The molecule has 0 aliphatic carbocycles. The quantitative estimate of drug-likeness (QED) is 0.584. The first kappa shape index (κ1) is 18.0. The smallest absolute Gasteiger partial charge is 0.347 e. The van der Waals surface area contributed by atoms with Crippen molar-refractivity contribution >= 4 is 33.5 Å². The van der Waals surface area contributed by atoms with Gasteiger partial charge in [0.1, 0.15) is 17.1 Å². The largest absolute Gasteiger partial charge is 0.493 e. The van der Waals surface area contributed by atoms with E-state index in [4.69, 9.17) is 9.47 Å². The lowest BCUT2D eigenvalue weighted by Gasteiger charge is -2.11. The van der Waals surface area contributed by atoms with Gasteiger partial charge < -0.3 is 14.8 Å². The Morgan fingerprint density at radius 3 is 2.46 bits per heavy atom. The second kappa shape index (κ2) is 8.49. The number of carbonyl (C=O) groups excluding carboxylic acids is 2. The van der Waals surface area contributed by atoms with Crippen LogP contribution >= 0.6 is 15.9 Å². The highest BCUT2D eigenvalue weighted by Crippen LogP contribution is 2.25. The minimum atomic E-state index is -0.505. The molecule has 0 fully saturated rings. The average Bonchev–Trinajstić information content (AvgIpc) is 2.55. The second-order valence-corrected chi connectivity index (χ2v) is 6.00. The van der Waals surface area contributed by atoms with Gasteiger partial charge in [-0.25, -0.2) is 4.79 Å². The van der Waals surface area contributed by atoms with Crippen molar-refractivity contribution in [3.8, 4) is 11.5 Å². The van der Waals surface area contributed by atoms with Crippen LogP contribution in [-0.4, -0.2) is 18.5 Å². The zero-order chi connectivity index (χ0) is 17.5. The summed E-state index contributed by atoms with van der Waals surface area (Å²) in [5.41, 5.74) is 0.987. The Hall–Kier alpha value is -2.34. The standard InChI is InChI=1S/C18H18BrNO4/c1-3-10-23-17-9-4-13(19)11-16(17)18(22)24-15-7-5-14(6-8-15)20-12(2)21/h4-9,11H,3,10H2,1-2H3,(H,20,21). The summed E-state index contributed by atoms with van der Waals surface area (Å²) < 4.78 is 11.7. The summed E-state index contributed by atoms with van der Waals surface area (Å²) >= 11 is 3.35. The molecule has 2 rings (SSSR count). The molecule has 5 nitrogen and oxygen atoms in total. The van der Waals surface area contributed by atoms with Gasteiger partial charge in [0.15, 0.2) is 0 Å². The lowest BCUT2D eigenvalue weighted by atomic mass is 10.2. The second-order valence-electron chi connectivity index (χ2n) is 5.08. The molecule has 126 valence electrons. The molecule has 0 saturated heterocycles. The van der Waals surface area contributed by atoms with Gasteiger partial charge >= 0.3 is 5.97 Å². The minimum Gasteiger partial charge on any atom is -0.493 e. The molecule has 2 aromatic rings. The van der Waals surface area contributed by atoms with Crippen molar-refractivity contribution in [1.29, 1.82) is 0 Å². The van der Waals surface area contributed by atoms with E-state index < -0.39 is 5.97 Å². The van der Waals surface area contributed by atoms with Gasteiger partial charge in [-0.05, 0) is 48.9 Å². The number of nitrogens with one attached hydrogen (secondary N) is 1. The summed E-state index contributed by atoms with van der Waals surface area (Å²) in [5, 5.41) is 2.65. The van der Waals surface area contributed by atoms with E-state index in [0.29, 0.717) is 29.4 Å². The van der Waals surface area contributed by atoms with E-state index in [1.165, 1.54) is 6.92 Å². The van der Waals surface area contributed by atoms with Crippen LogP contribution in [0.2, 0.25) is 0 Å². The van der Waals surface area contributed by atoms with E-state index in [1.807, 2.05) is 13.0 Å². The Morgan fingerprint density at radius 2 is 1.83 bits per heavy atom.